The van der Waals surface area contributed by atoms with E-state index in [1.807, 2.05) is 0 Å². The molecule has 19 heavy (non-hydrogen) atoms. The van der Waals surface area contributed by atoms with Crippen molar-refractivity contribution in [3.63, 3.8) is 0 Å². The lowest BCUT2D eigenvalue weighted by atomic mass is 10.1. The van der Waals surface area contributed by atoms with E-state index in [4.69, 9.17) is 5.73 Å². The number of carbonyl (C=O) groups is 2. The highest BCUT2D eigenvalue weighted by Gasteiger charge is 2.02. The van der Waals surface area contributed by atoms with Gasteiger partial charge in [-0.3, -0.25) is 9.59 Å². The number of amides is 2. The third-order valence-corrected chi connectivity index (χ3v) is 2.70. The molecule has 5 heteroatoms. The molecule has 1 rings (SSSR count). The van der Waals surface area contributed by atoms with Crippen molar-refractivity contribution in [2.24, 2.45) is 5.73 Å². The third kappa shape index (κ3) is 7.18. The molecule has 0 unspecified atom stereocenters. The van der Waals surface area contributed by atoms with Crippen LogP contribution in [0.2, 0.25) is 0 Å². The predicted molar refractivity (Wildman–Crippen MR) is 71.9 cm³/mol. The zero-order valence-corrected chi connectivity index (χ0v) is 10.8. The second-order valence-electron chi connectivity index (χ2n) is 4.44. The fourth-order valence-electron chi connectivity index (χ4n) is 1.70. The van der Waals surface area contributed by atoms with E-state index in [-0.39, 0.29) is 17.6 Å². The van der Waals surface area contributed by atoms with Crippen LogP contribution in [0.4, 0.5) is 10.1 Å². The van der Waals surface area contributed by atoms with Gasteiger partial charge < -0.3 is 11.1 Å². The van der Waals surface area contributed by atoms with Crippen LogP contribution in [0.15, 0.2) is 24.3 Å². The summed E-state index contributed by atoms with van der Waals surface area (Å²) < 4.78 is 12.7. The third-order valence-electron chi connectivity index (χ3n) is 2.70. The molecule has 0 aliphatic rings. The molecule has 0 saturated heterocycles. The predicted octanol–water partition coefficient (Wildman–Crippen LogP) is 2.59. The van der Waals surface area contributed by atoms with Crippen LogP contribution in [-0.2, 0) is 9.59 Å². The summed E-state index contributed by atoms with van der Waals surface area (Å²) in [7, 11) is 0. The van der Waals surface area contributed by atoms with Gasteiger partial charge in [-0.25, -0.2) is 4.39 Å². The molecule has 0 saturated carbocycles. The second kappa shape index (κ2) is 8.24. The summed E-state index contributed by atoms with van der Waals surface area (Å²) in [6, 6.07) is 5.67. The summed E-state index contributed by atoms with van der Waals surface area (Å²) >= 11 is 0. The van der Waals surface area contributed by atoms with E-state index in [1.165, 1.54) is 24.3 Å². The molecule has 104 valence electrons. The highest BCUT2D eigenvalue weighted by atomic mass is 19.1. The Morgan fingerprint density at radius 3 is 2.16 bits per heavy atom. The van der Waals surface area contributed by atoms with Crippen LogP contribution in [0.5, 0.6) is 0 Å². The monoisotopic (exact) mass is 266 g/mol. The van der Waals surface area contributed by atoms with Crippen molar-refractivity contribution < 1.29 is 14.0 Å². The van der Waals surface area contributed by atoms with Gasteiger partial charge in [-0.15, -0.1) is 0 Å². The topological polar surface area (TPSA) is 72.2 Å². The van der Waals surface area contributed by atoms with Crippen molar-refractivity contribution in [2.45, 2.75) is 38.5 Å². The molecular weight excluding hydrogens is 247 g/mol. The smallest absolute Gasteiger partial charge is 0.224 e. The Bertz CT molecular complexity index is 418. The maximum absolute atomic E-state index is 12.7. The van der Waals surface area contributed by atoms with Crippen LogP contribution in [0, 0.1) is 5.82 Å². The van der Waals surface area contributed by atoms with Crippen LogP contribution < -0.4 is 11.1 Å². The minimum absolute atomic E-state index is 0.0819. The number of nitrogens with two attached hydrogens (primary N) is 1. The fraction of sp³-hybridized carbons (Fsp3) is 0.429. The van der Waals surface area contributed by atoms with Crippen LogP contribution in [0.1, 0.15) is 38.5 Å². The summed E-state index contributed by atoms with van der Waals surface area (Å²) in [4.78, 5) is 22.1. The van der Waals surface area contributed by atoms with E-state index >= 15 is 0 Å². The second-order valence-corrected chi connectivity index (χ2v) is 4.44. The van der Waals surface area contributed by atoms with E-state index < -0.39 is 0 Å². The lowest BCUT2D eigenvalue weighted by Crippen LogP contribution is -2.11. The molecule has 2 amide bonds. The van der Waals surface area contributed by atoms with E-state index in [0.717, 1.165) is 25.7 Å². The first-order valence-corrected chi connectivity index (χ1v) is 6.41. The quantitative estimate of drug-likeness (QED) is 0.710. The number of anilines is 1. The first kappa shape index (κ1) is 15.1. The Hall–Kier alpha value is -1.91. The average molecular weight is 266 g/mol. The average Bonchev–Trinajstić information content (AvgIpc) is 2.36. The molecular formula is C14H19FN2O2. The summed E-state index contributed by atoms with van der Waals surface area (Å²) in [5.41, 5.74) is 5.62. The molecule has 1 aromatic carbocycles. The molecule has 1 aromatic rings. The van der Waals surface area contributed by atoms with Crippen molar-refractivity contribution >= 4 is 17.5 Å². The van der Waals surface area contributed by atoms with Crippen molar-refractivity contribution in [3.05, 3.63) is 30.1 Å². The highest BCUT2D eigenvalue weighted by molar-refractivity contribution is 5.90. The lowest BCUT2D eigenvalue weighted by molar-refractivity contribution is -0.118. The number of hydrogen-bond acceptors (Lipinski definition) is 2. The first-order chi connectivity index (χ1) is 9.08. The zero-order valence-electron chi connectivity index (χ0n) is 10.8. The SMILES string of the molecule is NC(=O)CCCCCCC(=O)Nc1ccc(F)cc1. The number of halogens is 1. The van der Waals surface area contributed by atoms with Gasteiger partial charge in [-0.2, -0.15) is 0 Å². The van der Waals surface area contributed by atoms with Crippen molar-refractivity contribution in [3.8, 4) is 0 Å². The van der Waals surface area contributed by atoms with Gasteiger partial charge in [0.15, 0.2) is 0 Å². The minimum atomic E-state index is -0.326. The van der Waals surface area contributed by atoms with Gasteiger partial charge >= 0.3 is 0 Å². The van der Waals surface area contributed by atoms with Crippen LogP contribution in [0.25, 0.3) is 0 Å². The van der Waals surface area contributed by atoms with Crippen molar-refractivity contribution in [2.75, 3.05) is 5.32 Å². The van der Waals surface area contributed by atoms with Gasteiger partial charge in [-0.05, 0) is 37.1 Å². The normalized spacial score (nSPS) is 10.2. The van der Waals surface area contributed by atoms with Gasteiger partial charge in [0.05, 0.1) is 0 Å². The van der Waals surface area contributed by atoms with E-state index in [9.17, 15) is 14.0 Å². The number of nitrogens with one attached hydrogen (secondary N) is 1. The molecule has 4 nitrogen and oxygen atoms in total. The number of unbranched alkanes of at least 4 members (excludes halogenated alkanes) is 3. The van der Waals surface area contributed by atoms with E-state index in [0.29, 0.717) is 18.5 Å². The van der Waals surface area contributed by atoms with Crippen LogP contribution in [0.3, 0.4) is 0 Å². The maximum Gasteiger partial charge on any atom is 0.224 e. The largest absolute Gasteiger partial charge is 0.370 e. The molecule has 3 N–H and O–H groups in total. The Balaban J connectivity index is 2.11. The first-order valence-electron chi connectivity index (χ1n) is 6.41. The minimum Gasteiger partial charge on any atom is -0.370 e. The summed E-state index contributed by atoms with van der Waals surface area (Å²) in [6.45, 7) is 0. The van der Waals surface area contributed by atoms with E-state index in [1.54, 1.807) is 0 Å². The zero-order chi connectivity index (χ0) is 14.1. The fourth-order valence-corrected chi connectivity index (χ4v) is 1.70. The molecule has 0 heterocycles. The molecule has 0 aliphatic heterocycles. The number of rotatable bonds is 8. The summed E-state index contributed by atoms with van der Waals surface area (Å²) in [5, 5.41) is 2.70. The van der Waals surface area contributed by atoms with Gasteiger partial charge in [0.25, 0.3) is 0 Å². The Morgan fingerprint density at radius 1 is 1.00 bits per heavy atom. The van der Waals surface area contributed by atoms with Crippen molar-refractivity contribution in [1.29, 1.82) is 0 Å². The van der Waals surface area contributed by atoms with Gasteiger partial charge in [-0.1, -0.05) is 12.8 Å². The molecule has 0 aliphatic carbocycles. The molecule has 0 fully saturated rings. The Morgan fingerprint density at radius 2 is 1.58 bits per heavy atom. The van der Waals surface area contributed by atoms with Gasteiger partial charge in [0.1, 0.15) is 5.82 Å². The molecule has 0 bridgehead atoms. The Kier molecular flexibility index (Phi) is 6.57. The molecule has 0 radical (unpaired) electrons. The maximum atomic E-state index is 12.7. The Labute approximate surface area is 112 Å². The summed E-state index contributed by atoms with van der Waals surface area (Å²) in [5.74, 6) is -0.692. The molecule has 0 spiro atoms. The van der Waals surface area contributed by atoms with Gasteiger partial charge in [0, 0.05) is 18.5 Å². The van der Waals surface area contributed by atoms with E-state index in [2.05, 4.69) is 5.32 Å². The number of benzene rings is 1. The lowest BCUT2D eigenvalue weighted by Gasteiger charge is -2.05. The number of primary amides is 1. The summed E-state index contributed by atoms with van der Waals surface area (Å²) in [6.07, 6.45) is 4.16. The number of hydrogen-bond donors (Lipinski definition) is 2. The van der Waals surface area contributed by atoms with Gasteiger partial charge in [0.2, 0.25) is 11.8 Å². The van der Waals surface area contributed by atoms with Crippen LogP contribution >= 0.6 is 0 Å². The molecule has 0 aromatic heterocycles. The van der Waals surface area contributed by atoms with Crippen LogP contribution in [-0.4, -0.2) is 11.8 Å². The molecule has 0 atom stereocenters. The standard InChI is InChI=1S/C14H19FN2O2/c15-11-7-9-12(10-8-11)17-14(19)6-4-2-1-3-5-13(16)18/h7-10H,1-6H2,(H2,16,18)(H,17,19). The highest BCUT2D eigenvalue weighted by Crippen LogP contribution is 2.10. The van der Waals surface area contributed by atoms with Crippen molar-refractivity contribution in [1.82, 2.24) is 0 Å². The number of carbonyl (C=O) groups excluding carboxylic acids is 2.